The van der Waals surface area contributed by atoms with Crippen molar-refractivity contribution in [3.63, 3.8) is 0 Å². The van der Waals surface area contributed by atoms with Gasteiger partial charge in [-0.15, -0.1) is 0 Å². The Hall–Kier alpha value is -2.73. The number of methoxy groups -OCH3 is 1. The molecule has 5 nitrogen and oxygen atoms in total. The van der Waals surface area contributed by atoms with Crippen LogP contribution in [0.15, 0.2) is 40.8 Å². The number of hydrogen-bond donors (Lipinski definition) is 2. The highest BCUT2D eigenvalue weighted by atomic mass is 32.1. The van der Waals surface area contributed by atoms with E-state index in [1.54, 1.807) is 6.07 Å². The number of nitrogens with zero attached hydrogens (tertiary/aromatic N) is 1. The topological polar surface area (TPSA) is 66.1 Å². The molecular formula is C18H17NO4S. The SMILES string of the molecule is COc1c(O)cc2oc(-c3ccc(N(C)C)cc3)cc(=S)c2c1O. The van der Waals surface area contributed by atoms with Crippen molar-refractivity contribution in [2.45, 2.75) is 0 Å². The number of hydrogen-bond acceptors (Lipinski definition) is 6. The molecule has 0 spiro atoms. The summed E-state index contributed by atoms with van der Waals surface area (Å²) >= 11 is 5.38. The van der Waals surface area contributed by atoms with E-state index in [1.807, 2.05) is 43.3 Å². The second-order valence-corrected chi connectivity index (χ2v) is 6.01. The molecule has 124 valence electrons. The van der Waals surface area contributed by atoms with Crippen LogP contribution in [0.4, 0.5) is 5.69 Å². The van der Waals surface area contributed by atoms with E-state index in [9.17, 15) is 10.2 Å². The molecule has 0 saturated heterocycles. The van der Waals surface area contributed by atoms with Gasteiger partial charge >= 0.3 is 0 Å². The molecular weight excluding hydrogens is 326 g/mol. The van der Waals surface area contributed by atoms with Gasteiger partial charge in [-0.3, -0.25) is 0 Å². The van der Waals surface area contributed by atoms with Gasteiger partial charge in [-0.1, -0.05) is 12.2 Å². The smallest absolute Gasteiger partial charge is 0.203 e. The van der Waals surface area contributed by atoms with Gasteiger partial charge < -0.3 is 24.3 Å². The molecule has 0 saturated carbocycles. The first kappa shape index (κ1) is 16.1. The molecule has 1 aromatic heterocycles. The minimum Gasteiger partial charge on any atom is -0.504 e. The van der Waals surface area contributed by atoms with Gasteiger partial charge in [0, 0.05) is 37.5 Å². The summed E-state index contributed by atoms with van der Waals surface area (Å²) < 4.78 is 11.2. The first-order chi connectivity index (χ1) is 11.4. The maximum absolute atomic E-state index is 10.3. The van der Waals surface area contributed by atoms with Gasteiger partial charge in [-0.05, 0) is 24.3 Å². The van der Waals surface area contributed by atoms with E-state index in [4.69, 9.17) is 21.4 Å². The zero-order chi connectivity index (χ0) is 17.4. The molecule has 0 atom stereocenters. The van der Waals surface area contributed by atoms with E-state index in [2.05, 4.69) is 0 Å². The van der Waals surface area contributed by atoms with Crippen LogP contribution < -0.4 is 9.64 Å². The van der Waals surface area contributed by atoms with Crippen molar-refractivity contribution in [3.8, 4) is 28.6 Å². The predicted molar refractivity (Wildman–Crippen MR) is 96.7 cm³/mol. The maximum Gasteiger partial charge on any atom is 0.203 e. The largest absolute Gasteiger partial charge is 0.504 e. The molecule has 0 radical (unpaired) electrons. The third kappa shape index (κ3) is 2.65. The average molecular weight is 343 g/mol. The quantitative estimate of drug-likeness (QED) is 0.691. The lowest BCUT2D eigenvalue weighted by atomic mass is 10.1. The fourth-order valence-electron chi connectivity index (χ4n) is 2.54. The highest BCUT2D eigenvalue weighted by molar-refractivity contribution is 7.71. The van der Waals surface area contributed by atoms with Crippen LogP contribution >= 0.6 is 12.2 Å². The number of benzene rings is 2. The molecule has 3 aromatic rings. The van der Waals surface area contributed by atoms with E-state index in [0.717, 1.165) is 11.3 Å². The lowest BCUT2D eigenvalue weighted by Gasteiger charge is -2.13. The van der Waals surface area contributed by atoms with Crippen molar-refractivity contribution >= 4 is 28.9 Å². The van der Waals surface area contributed by atoms with Gasteiger partial charge in [-0.25, -0.2) is 0 Å². The van der Waals surface area contributed by atoms with E-state index in [1.165, 1.54) is 13.2 Å². The third-order valence-corrected chi connectivity index (χ3v) is 4.12. The molecule has 0 aliphatic heterocycles. The molecule has 24 heavy (non-hydrogen) atoms. The van der Waals surface area contributed by atoms with E-state index >= 15 is 0 Å². The van der Waals surface area contributed by atoms with Crippen molar-refractivity contribution in [1.29, 1.82) is 0 Å². The molecule has 0 bridgehead atoms. The van der Waals surface area contributed by atoms with Crippen molar-refractivity contribution < 1.29 is 19.4 Å². The third-order valence-electron chi connectivity index (χ3n) is 3.80. The fourth-order valence-corrected chi connectivity index (χ4v) is 2.84. The Balaban J connectivity index is 2.19. The molecule has 3 rings (SSSR count). The Labute approximate surface area is 144 Å². The number of aromatic hydroxyl groups is 2. The zero-order valence-electron chi connectivity index (χ0n) is 13.5. The molecule has 0 aliphatic rings. The van der Waals surface area contributed by atoms with Crippen LogP contribution in [0.2, 0.25) is 0 Å². The van der Waals surface area contributed by atoms with Crippen LogP contribution in [0.1, 0.15) is 0 Å². The summed E-state index contributed by atoms with van der Waals surface area (Å²) in [6.07, 6.45) is 0. The maximum atomic E-state index is 10.3. The number of ether oxygens (including phenoxy) is 1. The van der Waals surface area contributed by atoms with Crippen molar-refractivity contribution in [3.05, 3.63) is 40.9 Å². The Kier molecular flexibility index (Phi) is 4.07. The lowest BCUT2D eigenvalue weighted by Crippen LogP contribution is -2.07. The summed E-state index contributed by atoms with van der Waals surface area (Å²) in [5.41, 5.74) is 2.21. The minimum absolute atomic E-state index is 0.0214. The van der Waals surface area contributed by atoms with Crippen molar-refractivity contribution in [2.24, 2.45) is 0 Å². The first-order valence-corrected chi connectivity index (χ1v) is 7.67. The summed E-state index contributed by atoms with van der Waals surface area (Å²) in [6.45, 7) is 0. The summed E-state index contributed by atoms with van der Waals surface area (Å²) in [7, 11) is 5.30. The van der Waals surface area contributed by atoms with E-state index < -0.39 is 0 Å². The molecule has 2 N–H and O–H groups in total. The van der Waals surface area contributed by atoms with Gasteiger partial charge in [0.2, 0.25) is 5.75 Å². The summed E-state index contributed by atoms with van der Waals surface area (Å²) in [6, 6.07) is 10.9. The predicted octanol–water partition coefficient (Wildman–Crippen LogP) is 4.32. The fraction of sp³-hybridized carbons (Fsp3) is 0.167. The molecule has 0 aliphatic carbocycles. The highest BCUT2D eigenvalue weighted by Gasteiger charge is 2.17. The van der Waals surface area contributed by atoms with Gasteiger partial charge in [0.05, 0.1) is 17.0 Å². The first-order valence-electron chi connectivity index (χ1n) is 7.27. The molecule has 6 heteroatoms. The molecule has 2 aromatic carbocycles. The molecule has 0 fully saturated rings. The normalized spacial score (nSPS) is 10.8. The zero-order valence-corrected chi connectivity index (χ0v) is 14.3. The number of fused-ring (bicyclic) bond motifs is 1. The van der Waals surface area contributed by atoms with Crippen LogP contribution in [0, 0.1) is 4.51 Å². The highest BCUT2D eigenvalue weighted by Crippen LogP contribution is 2.43. The molecule has 0 amide bonds. The van der Waals surface area contributed by atoms with E-state index in [0.29, 0.717) is 21.2 Å². The van der Waals surface area contributed by atoms with Crippen LogP contribution in [-0.4, -0.2) is 31.4 Å². The Morgan fingerprint density at radius 1 is 1.08 bits per heavy atom. The Morgan fingerprint density at radius 2 is 1.75 bits per heavy atom. The van der Waals surface area contributed by atoms with Crippen LogP contribution in [0.25, 0.3) is 22.3 Å². The number of phenolic OH excluding ortho intramolecular Hbond substituents is 2. The summed E-state index contributed by atoms with van der Waals surface area (Å²) in [4.78, 5) is 2.00. The van der Waals surface area contributed by atoms with Gasteiger partial charge in [-0.2, -0.15) is 0 Å². The van der Waals surface area contributed by atoms with Gasteiger partial charge in [0.15, 0.2) is 11.5 Å². The number of phenols is 2. The van der Waals surface area contributed by atoms with Crippen LogP contribution in [0.5, 0.6) is 17.2 Å². The lowest BCUT2D eigenvalue weighted by molar-refractivity contribution is 0.346. The van der Waals surface area contributed by atoms with Gasteiger partial charge in [0.1, 0.15) is 11.3 Å². The Morgan fingerprint density at radius 3 is 2.33 bits per heavy atom. The average Bonchev–Trinajstić information content (AvgIpc) is 2.54. The summed E-state index contributed by atoms with van der Waals surface area (Å²) in [5.74, 6) is 0.102. The standard InChI is InChI=1S/C18H17NO4S/c1-19(2)11-6-4-10(5-7-11)13-9-15(24)16-14(23-13)8-12(20)18(22-3)17(16)21/h4-9,20-21H,1-3H3. The molecule has 0 unspecified atom stereocenters. The van der Waals surface area contributed by atoms with E-state index in [-0.39, 0.29) is 17.2 Å². The second kappa shape index (κ2) is 6.05. The second-order valence-electron chi connectivity index (χ2n) is 5.57. The van der Waals surface area contributed by atoms with Gasteiger partial charge in [0.25, 0.3) is 0 Å². The summed E-state index contributed by atoms with van der Waals surface area (Å²) in [5, 5.41) is 20.5. The van der Waals surface area contributed by atoms with Crippen molar-refractivity contribution in [1.82, 2.24) is 0 Å². The number of anilines is 1. The Bertz CT molecular complexity index is 961. The van der Waals surface area contributed by atoms with Crippen molar-refractivity contribution in [2.75, 3.05) is 26.1 Å². The minimum atomic E-state index is -0.226. The number of rotatable bonds is 3. The molecule has 1 heterocycles. The van der Waals surface area contributed by atoms with Crippen LogP contribution in [0.3, 0.4) is 0 Å². The van der Waals surface area contributed by atoms with Crippen LogP contribution in [-0.2, 0) is 0 Å². The monoisotopic (exact) mass is 343 g/mol.